The van der Waals surface area contributed by atoms with Crippen molar-refractivity contribution in [2.45, 2.75) is 74.1 Å². The molecule has 3 aliphatic carbocycles. The van der Waals surface area contributed by atoms with Crippen molar-refractivity contribution in [3.8, 4) is 0 Å². The van der Waals surface area contributed by atoms with Gasteiger partial charge >= 0.3 is 0 Å². The minimum atomic E-state index is -1.23. The molecule has 2 fully saturated rings. The zero-order valence-corrected chi connectivity index (χ0v) is 19.5. The van der Waals surface area contributed by atoms with E-state index in [-0.39, 0.29) is 46.1 Å². The molecule has 5 atom stereocenters. The molecule has 1 spiro atoms. The lowest BCUT2D eigenvalue weighted by atomic mass is 9.62. The first-order valence-corrected chi connectivity index (χ1v) is 11.1. The van der Waals surface area contributed by atoms with E-state index in [0.29, 0.717) is 25.7 Å². The van der Waals surface area contributed by atoms with Crippen LogP contribution in [-0.2, 0) is 14.4 Å². The van der Waals surface area contributed by atoms with Gasteiger partial charge in [0.15, 0.2) is 17.3 Å². The molecular formula is C26H36O4. The molecule has 3 rings (SSSR count). The molecule has 0 aliphatic heterocycles. The van der Waals surface area contributed by atoms with Crippen LogP contribution < -0.4 is 0 Å². The van der Waals surface area contributed by atoms with Crippen molar-refractivity contribution < 1.29 is 19.5 Å². The smallest absolute Gasteiger partial charge is 0.183 e. The molecule has 0 heterocycles. The number of hydrogen-bond acceptors (Lipinski definition) is 4. The predicted molar refractivity (Wildman–Crippen MR) is 118 cm³/mol. The van der Waals surface area contributed by atoms with Crippen molar-refractivity contribution in [3.05, 3.63) is 35.1 Å². The quantitative estimate of drug-likeness (QED) is 0.353. The van der Waals surface area contributed by atoms with Gasteiger partial charge in [0.2, 0.25) is 0 Å². The molecule has 164 valence electrons. The normalized spacial score (nSPS) is 35.3. The molecule has 0 aromatic heterocycles. The molecule has 30 heavy (non-hydrogen) atoms. The summed E-state index contributed by atoms with van der Waals surface area (Å²) in [6.07, 6.45) is 3.65. The summed E-state index contributed by atoms with van der Waals surface area (Å²) < 4.78 is 0. The van der Waals surface area contributed by atoms with Crippen LogP contribution in [0.1, 0.15) is 74.1 Å². The largest absolute Gasteiger partial charge is 0.510 e. The van der Waals surface area contributed by atoms with Crippen LogP contribution in [0.15, 0.2) is 35.1 Å². The number of allylic oxidation sites excluding steroid dienone is 5. The van der Waals surface area contributed by atoms with Crippen molar-refractivity contribution in [2.24, 2.45) is 34.0 Å². The van der Waals surface area contributed by atoms with Crippen LogP contribution in [0.5, 0.6) is 0 Å². The van der Waals surface area contributed by atoms with E-state index >= 15 is 0 Å². The zero-order chi connectivity index (χ0) is 22.8. The Morgan fingerprint density at radius 2 is 1.83 bits per heavy atom. The van der Waals surface area contributed by atoms with E-state index in [0.717, 1.165) is 11.1 Å². The summed E-state index contributed by atoms with van der Waals surface area (Å²) in [5.41, 5.74) is -0.820. The summed E-state index contributed by atoms with van der Waals surface area (Å²) in [6, 6.07) is 0. The fourth-order valence-corrected chi connectivity index (χ4v) is 6.41. The number of Topliss-reactive ketones (excluding diaryl/α,β-unsaturated/α-hetero) is 3. The van der Waals surface area contributed by atoms with Crippen molar-refractivity contribution in [3.63, 3.8) is 0 Å². The lowest BCUT2D eigenvalue weighted by Gasteiger charge is -2.37. The van der Waals surface area contributed by atoms with Crippen molar-refractivity contribution in [1.82, 2.24) is 0 Å². The van der Waals surface area contributed by atoms with Gasteiger partial charge < -0.3 is 5.11 Å². The summed E-state index contributed by atoms with van der Waals surface area (Å²) in [5.74, 6) is -1.80. The number of aliphatic hydroxyl groups excluding tert-OH is 1. The van der Waals surface area contributed by atoms with Gasteiger partial charge in [0, 0.05) is 5.92 Å². The minimum absolute atomic E-state index is 0.0250. The van der Waals surface area contributed by atoms with Crippen molar-refractivity contribution in [2.75, 3.05) is 0 Å². The Hall–Kier alpha value is -1.97. The van der Waals surface area contributed by atoms with Crippen LogP contribution in [0, 0.1) is 34.0 Å². The summed E-state index contributed by atoms with van der Waals surface area (Å²) in [5, 5.41) is 11.3. The summed E-state index contributed by atoms with van der Waals surface area (Å²) >= 11 is 0. The second-order valence-electron chi connectivity index (χ2n) is 10.8. The van der Waals surface area contributed by atoms with Gasteiger partial charge in [-0.1, -0.05) is 51.5 Å². The Balaban J connectivity index is 2.29. The average molecular weight is 413 g/mol. The SMILES string of the molecule is C=C(C)C1CC23C(=O)C(C(=O)C(C)CC)=C(O)C(CC=C(C)C)(CC2C1(C)C)C3=O. The molecule has 0 aromatic carbocycles. The first-order valence-electron chi connectivity index (χ1n) is 11.1. The lowest BCUT2D eigenvalue weighted by molar-refractivity contribution is -0.145. The number of aliphatic hydroxyl groups is 1. The standard InChI is InChI=1S/C26H36O4/c1-9-16(6)20(27)19-21(28)25(11-10-14(2)3)13-18-24(7,8)17(15(4)5)12-26(18,22(19)29)23(25)30/h10,16-18,28H,4,9,11-13H2,1-3,5-8H3. The Bertz CT molecular complexity index is 898. The van der Waals surface area contributed by atoms with Crippen molar-refractivity contribution in [1.29, 1.82) is 0 Å². The van der Waals surface area contributed by atoms with Gasteiger partial charge in [0.25, 0.3) is 0 Å². The molecule has 0 amide bonds. The Morgan fingerprint density at radius 1 is 1.23 bits per heavy atom. The molecule has 0 radical (unpaired) electrons. The van der Waals surface area contributed by atoms with E-state index in [1.54, 1.807) is 6.92 Å². The Labute approximate surface area is 180 Å². The van der Waals surface area contributed by atoms with Gasteiger partial charge in [-0.15, -0.1) is 0 Å². The fourth-order valence-electron chi connectivity index (χ4n) is 6.41. The monoisotopic (exact) mass is 412 g/mol. The van der Waals surface area contributed by atoms with Gasteiger partial charge in [0.05, 0.1) is 10.8 Å². The maximum absolute atomic E-state index is 14.0. The Kier molecular flexibility index (Phi) is 5.32. The number of hydrogen-bond donors (Lipinski definition) is 1. The highest BCUT2D eigenvalue weighted by molar-refractivity contribution is 6.32. The molecule has 1 N–H and O–H groups in total. The van der Waals surface area contributed by atoms with E-state index in [4.69, 9.17) is 0 Å². The van der Waals surface area contributed by atoms with Crippen LogP contribution in [-0.4, -0.2) is 22.5 Å². The molecule has 0 saturated heterocycles. The molecule has 0 aromatic rings. The molecule has 3 aliphatic rings. The van der Waals surface area contributed by atoms with Gasteiger partial charge in [0.1, 0.15) is 11.3 Å². The van der Waals surface area contributed by atoms with Crippen LogP contribution in [0.4, 0.5) is 0 Å². The van der Waals surface area contributed by atoms with Gasteiger partial charge in [-0.25, -0.2) is 0 Å². The molecule has 2 saturated carbocycles. The van der Waals surface area contributed by atoms with E-state index in [1.165, 1.54) is 0 Å². The van der Waals surface area contributed by atoms with E-state index < -0.39 is 16.6 Å². The minimum Gasteiger partial charge on any atom is -0.510 e. The molecule has 4 nitrogen and oxygen atoms in total. The average Bonchev–Trinajstić information content (AvgIpc) is 3.03. The maximum Gasteiger partial charge on any atom is 0.183 e. The predicted octanol–water partition coefficient (Wildman–Crippen LogP) is 5.54. The van der Waals surface area contributed by atoms with E-state index in [2.05, 4.69) is 20.4 Å². The Morgan fingerprint density at radius 3 is 2.33 bits per heavy atom. The van der Waals surface area contributed by atoms with Gasteiger partial charge in [-0.05, 0) is 63.7 Å². The van der Waals surface area contributed by atoms with Crippen LogP contribution in [0.3, 0.4) is 0 Å². The molecule has 2 bridgehead atoms. The number of rotatable bonds is 6. The summed E-state index contributed by atoms with van der Waals surface area (Å²) in [7, 11) is 0. The molecule has 5 unspecified atom stereocenters. The number of fused-ring (bicyclic) bond motifs is 1. The summed E-state index contributed by atoms with van der Waals surface area (Å²) in [6.45, 7) is 17.9. The zero-order valence-electron chi connectivity index (χ0n) is 19.5. The highest BCUT2D eigenvalue weighted by atomic mass is 16.3. The fraction of sp³-hybridized carbons (Fsp3) is 0.654. The number of carbonyl (C=O) groups excluding carboxylic acids is 3. The van der Waals surface area contributed by atoms with Crippen LogP contribution in [0.25, 0.3) is 0 Å². The van der Waals surface area contributed by atoms with Gasteiger partial charge in [-0.3, -0.25) is 14.4 Å². The third-order valence-corrected chi connectivity index (χ3v) is 8.39. The first kappa shape index (κ1) is 22.7. The van der Waals surface area contributed by atoms with E-state index in [1.807, 2.05) is 33.8 Å². The molecule has 4 heteroatoms. The number of ketones is 3. The lowest BCUT2D eigenvalue weighted by Crippen LogP contribution is -2.50. The van der Waals surface area contributed by atoms with E-state index in [9.17, 15) is 19.5 Å². The first-order chi connectivity index (χ1) is 13.8. The summed E-state index contributed by atoms with van der Waals surface area (Å²) in [4.78, 5) is 41.2. The van der Waals surface area contributed by atoms with Crippen LogP contribution >= 0.6 is 0 Å². The third kappa shape index (κ3) is 2.68. The second-order valence-corrected chi connectivity index (χ2v) is 10.8. The van der Waals surface area contributed by atoms with Crippen LogP contribution in [0.2, 0.25) is 0 Å². The second kappa shape index (κ2) is 7.03. The topological polar surface area (TPSA) is 71.4 Å². The highest BCUT2D eigenvalue weighted by Crippen LogP contribution is 2.72. The highest BCUT2D eigenvalue weighted by Gasteiger charge is 2.77. The molecular weight excluding hydrogens is 376 g/mol. The number of carbonyl (C=O) groups is 3. The van der Waals surface area contributed by atoms with Gasteiger partial charge in [-0.2, -0.15) is 0 Å². The third-order valence-electron chi connectivity index (χ3n) is 8.39. The maximum atomic E-state index is 14.0. The van der Waals surface area contributed by atoms with Crippen molar-refractivity contribution >= 4 is 17.3 Å².